The highest BCUT2D eigenvalue weighted by Crippen LogP contribution is 2.10. The molecule has 2 heteroatoms. The van der Waals surface area contributed by atoms with Crippen molar-refractivity contribution in [2.24, 2.45) is 0 Å². The molecule has 0 unspecified atom stereocenters. The zero-order chi connectivity index (χ0) is 14.5. The Hall–Kier alpha value is -2.09. The lowest BCUT2D eigenvalue weighted by molar-refractivity contribution is 0.0953. The number of hydrogen-bond donors (Lipinski definition) is 1. The first-order valence-corrected chi connectivity index (χ1v) is 6.97. The molecule has 1 N–H and O–H groups in total. The van der Waals surface area contributed by atoms with Crippen molar-refractivity contribution < 1.29 is 4.79 Å². The topological polar surface area (TPSA) is 29.1 Å². The summed E-state index contributed by atoms with van der Waals surface area (Å²) in [5.74, 6) is 0.0128. The van der Waals surface area contributed by atoms with Crippen LogP contribution in [-0.4, -0.2) is 12.5 Å². The number of nitrogens with one attached hydrogen (secondary N) is 1. The molecule has 0 atom stereocenters. The molecule has 0 heterocycles. The summed E-state index contributed by atoms with van der Waals surface area (Å²) in [6.07, 6.45) is 0.859. The minimum absolute atomic E-state index is 0.0128. The largest absolute Gasteiger partial charge is 0.352 e. The highest BCUT2D eigenvalue weighted by atomic mass is 16.1. The highest BCUT2D eigenvalue weighted by Gasteiger charge is 2.08. The molecule has 0 aliphatic rings. The summed E-state index contributed by atoms with van der Waals surface area (Å²) in [7, 11) is 0. The second kappa shape index (κ2) is 6.38. The number of carbonyl (C=O) groups excluding carboxylic acids is 1. The van der Waals surface area contributed by atoms with Crippen molar-refractivity contribution in [1.29, 1.82) is 0 Å². The normalized spacial score (nSPS) is 10.3. The van der Waals surface area contributed by atoms with Crippen LogP contribution in [0, 0.1) is 20.8 Å². The average Bonchev–Trinajstić information content (AvgIpc) is 2.41. The Morgan fingerprint density at radius 3 is 2.50 bits per heavy atom. The molecule has 0 bridgehead atoms. The van der Waals surface area contributed by atoms with Gasteiger partial charge in [-0.05, 0) is 44.4 Å². The van der Waals surface area contributed by atoms with Crippen LogP contribution in [0.5, 0.6) is 0 Å². The summed E-state index contributed by atoms with van der Waals surface area (Å²) in [6.45, 7) is 6.71. The first kappa shape index (κ1) is 14.3. The monoisotopic (exact) mass is 267 g/mol. The first-order valence-electron chi connectivity index (χ1n) is 6.97. The Balaban J connectivity index is 1.94. The molecule has 20 heavy (non-hydrogen) atoms. The van der Waals surface area contributed by atoms with Crippen molar-refractivity contribution in [3.05, 3.63) is 70.3 Å². The number of rotatable bonds is 4. The van der Waals surface area contributed by atoms with Gasteiger partial charge in [0.25, 0.3) is 5.91 Å². The third kappa shape index (κ3) is 3.70. The molecule has 0 aliphatic heterocycles. The van der Waals surface area contributed by atoms with Crippen LogP contribution in [-0.2, 0) is 6.42 Å². The maximum Gasteiger partial charge on any atom is 0.251 e. The van der Waals surface area contributed by atoms with Gasteiger partial charge in [-0.3, -0.25) is 4.79 Å². The summed E-state index contributed by atoms with van der Waals surface area (Å²) in [6, 6.07) is 14.3. The minimum atomic E-state index is 0.0128. The van der Waals surface area contributed by atoms with Crippen LogP contribution in [0.4, 0.5) is 0 Å². The van der Waals surface area contributed by atoms with Gasteiger partial charge in [0.05, 0.1) is 0 Å². The summed E-state index contributed by atoms with van der Waals surface area (Å²) >= 11 is 0. The number of hydrogen-bond acceptors (Lipinski definition) is 1. The van der Waals surface area contributed by atoms with Gasteiger partial charge in [0, 0.05) is 12.1 Å². The predicted molar refractivity (Wildman–Crippen MR) is 83.1 cm³/mol. The van der Waals surface area contributed by atoms with E-state index in [-0.39, 0.29) is 5.91 Å². The fraction of sp³-hybridized carbons (Fsp3) is 0.278. The molecule has 2 aromatic rings. The molecule has 0 aliphatic carbocycles. The molecule has 0 spiro atoms. The summed E-state index contributed by atoms with van der Waals surface area (Å²) in [5, 5.41) is 3.00. The fourth-order valence-corrected chi connectivity index (χ4v) is 2.26. The number of carbonyl (C=O) groups is 1. The minimum Gasteiger partial charge on any atom is -0.352 e. The summed E-state index contributed by atoms with van der Waals surface area (Å²) in [5.41, 5.74) is 5.41. The lowest BCUT2D eigenvalue weighted by atomic mass is 10.0. The Morgan fingerprint density at radius 1 is 1.00 bits per heavy atom. The van der Waals surface area contributed by atoms with Gasteiger partial charge in [0.1, 0.15) is 0 Å². The van der Waals surface area contributed by atoms with E-state index in [1.54, 1.807) is 0 Å². The van der Waals surface area contributed by atoms with Crippen molar-refractivity contribution in [3.63, 3.8) is 0 Å². The lowest BCUT2D eigenvalue weighted by Gasteiger charge is -2.09. The van der Waals surface area contributed by atoms with Crippen LogP contribution in [0.1, 0.15) is 32.6 Å². The van der Waals surface area contributed by atoms with Crippen molar-refractivity contribution in [3.8, 4) is 0 Å². The van der Waals surface area contributed by atoms with E-state index in [2.05, 4.69) is 36.5 Å². The van der Waals surface area contributed by atoms with Crippen LogP contribution in [0.25, 0.3) is 0 Å². The fourth-order valence-electron chi connectivity index (χ4n) is 2.26. The van der Waals surface area contributed by atoms with E-state index in [1.807, 2.05) is 32.0 Å². The second-order valence-corrected chi connectivity index (χ2v) is 5.31. The molecular weight excluding hydrogens is 246 g/mol. The Bertz CT molecular complexity index is 617. The van der Waals surface area contributed by atoms with Gasteiger partial charge in [-0.2, -0.15) is 0 Å². The highest BCUT2D eigenvalue weighted by molar-refractivity contribution is 5.95. The zero-order valence-corrected chi connectivity index (χ0v) is 12.4. The molecule has 2 nitrogen and oxygen atoms in total. The van der Waals surface area contributed by atoms with Gasteiger partial charge in [-0.25, -0.2) is 0 Å². The number of benzene rings is 2. The third-order valence-electron chi connectivity index (χ3n) is 3.42. The molecule has 2 aromatic carbocycles. The molecular formula is C18H21NO. The number of aryl methyl sites for hydroxylation is 3. The van der Waals surface area contributed by atoms with Gasteiger partial charge in [0.2, 0.25) is 0 Å². The molecule has 104 valence electrons. The van der Waals surface area contributed by atoms with Gasteiger partial charge >= 0.3 is 0 Å². The number of amides is 1. The first-order chi connectivity index (χ1) is 9.56. The molecule has 0 aromatic heterocycles. The SMILES string of the molecule is Cc1cccc(CCNC(=O)c2cc(C)ccc2C)c1. The summed E-state index contributed by atoms with van der Waals surface area (Å²) < 4.78 is 0. The summed E-state index contributed by atoms with van der Waals surface area (Å²) in [4.78, 5) is 12.2. The van der Waals surface area contributed by atoms with E-state index in [0.29, 0.717) is 6.54 Å². The molecule has 0 saturated heterocycles. The Kier molecular flexibility index (Phi) is 4.57. The molecule has 2 rings (SSSR count). The van der Waals surface area contributed by atoms with E-state index < -0.39 is 0 Å². The van der Waals surface area contributed by atoms with E-state index in [0.717, 1.165) is 23.1 Å². The Labute approximate surface area is 120 Å². The van der Waals surface area contributed by atoms with Gasteiger partial charge in [-0.1, -0.05) is 47.5 Å². The lowest BCUT2D eigenvalue weighted by Crippen LogP contribution is -2.26. The van der Waals surface area contributed by atoms with Gasteiger partial charge in [0.15, 0.2) is 0 Å². The van der Waals surface area contributed by atoms with Crippen LogP contribution in [0.3, 0.4) is 0 Å². The third-order valence-corrected chi connectivity index (χ3v) is 3.42. The maximum absolute atomic E-state index is 12.2. The van der Waals surface area contributed by atoms with Crippen molar-refractivity contribution in [1.82, 2.24) is 5.32 Å². The van der Waals surface area contributed by atoms with E-state index in [4.69, 9.17) is 0 Å². The van der Waals surface area contributed by atoms with Crippen molar-refractivity contribution in [2.75, 3.05) is 6.54 Å². The predicted octanol–water partition coefficient (Wildman–Crippen LogP) is 3.58. The van der Waals surface area contributed by atoms with Crippen molar-refractivity contribution in [2.45, 2.75) is 27.2 Å². The van der Waals surface area contributed by atoms with Crippen LogP contribution < -0.4 is 5.32 Å². The average molecular weight is 267 g/mol. The van der Waals surface area contributed by atoms with Gasteiger partial charge in [-0.15, -0.1) is 0 Å². The maximum atomic E-state index is 12.2. The molecule has 1 amide bonds. The molecule has 0 radical (unpaired) electrons. The smallest absolute Gasteiger partial charge is 0.251 e. The van der Waals surface area contributed by atoms with Crippen LogP contribution >= 0.6 is 0 Å². The van der Waals surface area contributed by atoms with E-state index in [9.17, 15) is 4.79 Å². The second-order valence-electron chi connectivity index (χ2n) is 5.31. The molecule has 0 fully saturated rings. The standard InChI is InChI=1S/C18H21NO/c1-13-5-4-6-16(11-13)9-10-19-18(20)17-12-14(2)7-8-15(17)3/h4-8,11-12H,9-10H2,1-3H3,(H,19,20). The zero-order valence-electron chi connectivity index (χ0n) is 12.4. The van der Waals surface area contributed by atoms with Crippen molar-refractivity contribution >= 4 is 5.91 Å². The van der Waals surface area contributed by atoms with E-state index in [1.165, 1.54) is 11.1 Å². The molecule has 0 saturated carbocycles. The van der Waals surface area contributed by atoms with Gasteiger partial charge < -0.3 is 5.32 Å². The quantitative estimate of drug-likeness (QED) is 0.901. The van der Waals surface area contributed by atoms with E-state index >= 15 is 0 Å². The van der Waals surface area contributed by atoms with Crippen LogP contribution in [0.15, 0.2) is 42.5 Å². The van der Waals surface area contributed by atoms with Crippen LogP contribution in [0.2, 0.25) is 0 Å². The Morgan fingerprint density at radius 2 is 1.75 bits per heavy atom.